The Kier molecular flexibility index (Phi) is 1.36. The van der Waals surface area contributed by atoms with Crippen molar-refractivity contribution >= 4 is 17.2 Å². The average Bonchev–Trinajstić information content (AvgIpc) is 2.55. The number of H-pyrrole nitrogens is 1. The smallest absolute Gasteiger partial charge is 0.174 e. The summed E-state index contributed by atoms with van der Waals surface area (Å²) in [5.41, 5.74) is 6.34. The number of nitrogen functional groups attached to an aromatic ring is 1. The Labute approximate surface area is 67.1 Å². The van der Waals surface area contributed by atoms with Crippen LogP contribution in [0, 0.1) is 0 Å². The van der Waals surface area contributed by atoms with Crippen molar-refractivity contribution in [3.8, 4) is 10.6 Å². The van der Waals surface area contributed by atoms with Gasteiger partial charge < -0.3 is 5.73 Å². The average molecular weight is 166 g/mol. The van der Waals surface area contributed by atoms with Gasteiger partial charge in [-0.1, -0.05) is 11.3 Å². The molecule has 0 saturated carbocycles. The van der Waals surface area contributed by atoms with Crippen molar-refractivity contribution in [3.63, 3.8) is 0 Å². The highest BCUT2D eigenvalue weighted by molar-refractivity contribution is 7.13. The summed E-state index contributed by atoms with van der Waals surface area (Å²) in [7, 11) is 0. The van der Waals surface area contributed by atoms with Crippen molar-refractivity contribution in [1.29, 1.82) is 0 Å². The fourth-order valence-corrected chi connectivity index (χ4v) is 1.57. The van der Waals surface area contributed by atoms with Crippen molar-refractivity contribution in [2.45, 2.75) is 0 Å². The summed E-state index contributed by atoms with van der Waals surface area (Å²) in [6, 6.07) is 3.93. The van der Waals surface area contributed by atoms with Crippen LogP contribution in [-0.2, 0) is 0 Å². The Morgan fingerprint density at radius 1 is 1.55 bits per heavy atom. The van der Waals surface area contributed by atoms with E-state index in [0.29, 0.717) is 5.82 Å². The minimum atomic E-state index is 0.451. The van der Waals surface area contributed by atoms with Crippen molar-refractivity contribution < 1.29 is 0 Å². The lowest BCUT2D eigenvalue weighted by atomic mass is 10.3. The lowest BCUT2D eigenvalue weighted by Gasteiger charge is -1.88. The zero-order valence-corrected chi connectivity index (χ0v) is 6.43. The normalized spacial score (nSPS) is 10.2. The Bertz CT molecular complexity index is 337. The Balaban J connectivity index is 2.53. The molecule has 2 heterocycles. The number of aromatic amines is 1. The largest absolute Gasteiger partial charge is 0.380 e. The van der Waals surface area contributed by atoms with Crippen LogP contribution in [0.15, 0.2) is 17.5 Å². The molecule has 4 nitrogen and oxygen atoms in total. The van der Waals surface area contributed by atoms with Crippen LogP contribution in [0.2, 0.25) is 0 Å². The van der Waals surface area contributed by atoms with Crippen molar-refractivity contribution in [1.82, 2.24) is 15.4 Å². The van der Waals surface area contributed by atoms with Crippen LogP contribution in [0.5, 0.6) is 0 Å². The van der Waals surface area contributed by atoms with E-state index in [4.69, 9.17) is 5.73 Å². The number of rotatable bonds is 1. The zero-order chi connectivity index (χ0) is 7.68. The molecule has 0 fully saturated rings. The molecular formula is C6H6N4S. The summed E-state index contributed by atoms with van der Waals surface area (Å²) < 4.78 is 0. The van der Waals surface area contributed by atoms with Crippen molar-refractivity contribution in [2.75, 3.05) is 5.73 Å². The van der Waals surface area contributed by atoms with Crippen LogP contribution in [0.25, 0.3) is 10.6 Å². The standard InChI is InChI=1S/C6H6N4S/c7-6-5(8-10-9-6)4-2-1-3-11-4/h1-3H,(H3,7,8,9,10). The Morgan fingerprint density at radius 3 is 3.00 bits per heavy atom. The number of aromatic nitrogens is 3. The molecule has 11 heavy (non-hydrogen) atoms. The summed E-state index contributed by atoms with van der Waals surface area (Å²) in [6.45, 7) is 0. The summed E-state index contributed by atoms with van der Waals surface area (Å²) >= 11 is 1.60. The second-order valence-corrected chi connectivity index (χ2v) is 3.00. The zero-order valence-electron chi connectivity index (χ0n) is 5.61. The maximum atomic E-state index is 5.53. The van der Waals surface area contributed by atoms with Gasteiger partial charge in [0.25, 0.3) is 0 Å². The molecule has 0 unspecified atom stereocenters. The summed E-state index contributed by atoms with van der Waals surface area (Å²) in [6.07, 6.45) is 0. The van der Waals surface area contributed by atoms with Gasteiger partial charge in [-0.2, -0.15) is 0 Å². The molecule has 2 rings (SSSR count). The molecule has 0 radical (unpaired) electrons. The van der Waals surface area contributed by atoms with Gasteiger partial charge in [-0.3, -0.25) is 5.10 Å². The van der Waals surface area contributed by atoms with Gasteiger partial charge in [-0.05, 0) is 11.4 Å². The number of nitrogens with two attached hydrogens (primary N) is 1. The number of hydrogen-bond acceptors (Lipinski definition) is 4. The number of thiophene rings is 1. The third kappa shape index (κ3) is 0.988. The number of nitrogens with one attached hydrogen (secondary N) is 1. The molecule has 0 saturated heterocycles. The highest BCUT2D eigenvalue weighted by atomic mass is 32.1. The number of hydrogen-bond donors (Lipinski definition) is 2. The van der Waals surface area contributed by atoms with Gasteiger partial charge in [0.2, 0.25) is 0 Å². The summed E-state index contributed by atoms with van der Waals surface area (Å²) in [5, 5.41) is 11.9. The minimum Gasteiger partial charge on any atom is -0.380 e. The predicted octanol–water partition coefficient (Wildman–Crippen LogP) is 1.12. The van der Waals surface area contributed by atoms with E-state index in [-0.39, 0.29) is 0 Å². The maximum absolute atomic E-state index is 5.53. The molecule has 2 aromatic rings. The lowest BCUT2D eigenvalue weighted by Crippen LogP contribution is -1.86. The second kappa shape index (κ2) is 2.35. The first-order valence-corrected chi connectivity index (χ1v) is 3.96. The molecule has 0 aromatic carbocycles. The van der Waals surface area contributed by atoms with Gasteiger partial charge in [0.1, 0.15) is 5.69 Å². The van der Waals surface area contributed by atoms with E-state index >= 15 is 0 Å². The summed E-state index contributed by atoms with van der Waals surface area (Å²) in [4.78, 5) is 1.06. The first kappa shape index (κ1) is 6.36. The van der Waals surface area contributed by atoms with E-state index in [1.807, 2.05) is 17.5 Å². The van der Waals surface area contributed by atoms with E-state index in [2.05, 4.69) is 15.4 Å². The van der Waals surface area contributed by atoms with Gasteiger partial charge in [0.15, 0.2) is 5.82 Å². The molecule has 0 spiro atoms. The summed E-state index contributed by atoms with van der Waals surface area (Å²) in [5.74, 6) is 0.451. The lowest BCUT2D eigenvalue weighted by molar-refractivity contribution is 0.946. The van der Waals surface area contributed by atoms with Crippen LogP contribution in [0.1, 0.15) is 0 Å². The first-order chi connectivity index (χ1) is 5.38. The van der Waals surface area contributed by atoms with Gasteiger partial charge in [-0.15, -0.1) is 16.4 Å². The molecular weight excluding hydrogens is 160 g/mol. The SMILES string of the molecule is Nc1nn[nH]c1-c1cccs1. The molecule has 0 aliphatic heterocycles. The molecule has 0 aliphatic carbocycles. The predicted molar refractivity (Wildman–Crippen MR) is 44.1 cm³/mol. The highest BCUT2D eigenvalue weighted by Crippen LogP contribution is 2.25. The number of anilines is 1. The molecule has 0 atom stereocenters. The first-order valence-electron chi connectivity index (χ1n) is 3.08. The van der Waals surface area contributed by atoms with Crippen LogP contribution in [0.3, 0.4) is 0 Å². The van der Waals surface area contributed by atoms with E-state index in [1.165, 1.54) is 0 Å². The molecule has 56 valence electrons. The van der Waals surface area contributed by atoms with Crippen LogP contribution < -0.4 is 5.73 Å². The molecule has 0 bridgehead atoms. The molecule has 2 aromatic heterocycles. The maximum Gasteiger partial charge on any atom is 0.174 e. The van der Waals surface area contributed by atoms with Crippen LogP contribution in [0.4, 0.5) is 5.82 Å². The van der Waals surface area contributed by atoms with E-state index in [0.717, 1.165) is 10.6 Å². The monoisotopic (exact) mass is 166 g/mol. The third-order valence-electron chi connectivity index (χ3n) is 1.34. The third-order valence-corrected chi connectivity index (χ3v) is 2.23. The van der Waals surface area contributed by atoms with Crippen LogP contribution >= 0.6 is 11.3 Å². The fraction of sp³-hybridized carbons (Fsp3) is 0. The van der Waals surface area contributed by atoms with Crippen molar-refractivity contribution in [3.05, 3.63) is 17.5 Å². The second-order valence-electron chi connectivity index (χ2n) is 2.05. The number of nitrogens with zero attached hydrogens (tertiary/aromatic N) is 2. The van der Waals surface area contributed by atoms with Gasteiger partial charge >= 0.3 is 0 Å². The fourth-order valence-electron chi connectivity index (χ4n) is 0.838. The topological polar surface area (TPSA) is 67.6 Å². The quantitative estimate of drug-likeness (QED) is 0.667. The molecule has 0 amide bonds. The molecule has 5 heteroatoms. The van der Waals surface area contributed by atoms with Gasteiger partial charge in [0.05, 0.1) is 4.88 Å². The van der Waals surface area contributed by atoms with Gasteiger partial charge in [0, 0.05) is 0 Å². The molecule has 0 aliphatic rings. The minimum absolute atomic E-state index is 0.451. The van der Waals surface area contributed by atoms with E-state index in [1.54, 1.807) is 11.3 Å². The highest BCUT2D eigenvalue weighted by Gasteiger charge is 2.05. The molecule has 3 N–H and O–H groups in total. The van der Waals surface area contributed by atoms with E-state index < -0.39 is 0 Å². The Morgan fingerprint density at radius 2 is 2.45 bits per heavy atom. The Hall–Kier alpha value is -1.36. The van der Waals surface area contributed by atoms with E-state index in [9.17, 15) is 0 Å². The van der Waals surface area contributed by atoms with Gasteiger partial charge in [-0.25, -0.2) is 0 Å². The van der Waals surface area contributed by atoms with Crippen LogP contribution in [-0.4, -0.2) is 15.4 Å². The van der Waals surface area contributed by atoms with Crippen molar-refractivity contribution in [2.24, 2.45) is 0 Å².